The summed E-state index contributed by atoms with van der Waals surface area (Å²) in [6.07, 6.45) is 0. The fourth-order valence-electron chi connectivity index (χ4n) is 1.87. The standard InChI is InChI=1S/C15H15NO3/c1-16(13-5-3-4-6-14(13)19-2)12-9-7-11(8-10-12)15(17)18/h3-10H,1-2H3,(H,17,18). The third kappa shape index (κ3) is 2.68. The highest BCUT2D eigenvalue weighted by molar-refractivity contribution is 5.88. The van der Waals surface area contributed by atoms with E-state index in [4.69, 9.17) is 9.84 Å². The maximum atomic E-state index is 10.8. The highest BCUT2D eigenvalue weighted by Crippen LogP contribution is 2.32. The van der Waals surface area contributed by atoms with Crippen molar-refractivity contribution in [3.05, 3.63) is 54.1 Å². The number of carboxylic acid groups (broad SMARTS) is 1. The van der Waals surface area contributed by atoms with E-state index in [9.17, 15) is 4.79 Å². The van der Waals surface area contributed by atoms with Crippen molar-refractivity contribution in [3.63, 3.8) is 0 Å². The predicted octanol–water partition coefficient (Wildman–Crippen LogP) is 3.16. The van der Waals surface area contributed by atoms with Gasteiger partial charge in [-0.05, 0) is 36.4 Å². The highest BCUT2D eigenvalue weighted by atomic mass is 16.5. The summed E-state index contributed by atoms with van der Waals surface area (Å²) in [5.74, 6) is -0.154. The molecule has 0 heterocycles. The van der Waals surface area contributed by atoms with Crippen LogP contribution < -0.4 is 9.64 Å². The molecule has 0 aliphatic rings. The summed E-state index contributed by atoms with van der Waals surface area (Å²) in [5.41, 5.74) is 2.10. The zero-order valence-corrected chi connectivity index (χ0v) is 10.8. The van der Waals surface area contributed by atoms with E-state index in [0.717, 1.165) is 17.1 Å². The van der Waals surface area contributed by atoms with E-state index in [0.29, 0.717) is 0 Å². The minimum absolute atomic E-state index is 0.275. The Morgan fingerprint density at radius 2 is 1.74 bits per heavy atom. The van der Waals surface area contributed by atoms with Gasteiger partial charge in [0.1, 0.15) is 5.75 Å². The summed E-state index contributed by atoms with van der Waals surface area (Å²) in [4.78, 5) is 12.8. The molecule has 0 bridgehead atoms. The zero-order chi connectivity index (χ0) is 13.8. The number of rotatable bonds is 4. The van der Waals surface area contributed by atoms with Crippen molar-refractivity contribution in [2.24, 2.45) is 0 Å². The van der Waals surface area contributed by atoms with E-state index in [1.165, 1.54) is 0 Å². The van der Waals surface area contributed by atoms with Gasteiger partial charge in [-0.25, -0.2) is 4.79 Å². The van der Waals surface area contributed by atoms with Crippen LogP contribution in [0.1, 0.15) is 10.4 Å². The first-order chi connectivity index (χ1) is 9.13. The lowest BCUT2D eigenvalue weighted by Crippen LogP contribution is -2.10. The van der Waals surface area contributed by atoms with Crippen LogP contribution in [0.4, 0.5) is 11.4 Å². The Bertz CT molecular complexity index is 578. The number of carboxylic acids is 1. The van der Waals surface area contributed by atoms with Gasteiger partial charge in [-0.1, -0.05) is 12.1 Å². The third-order valence-electron chi connectivity index (χ3n) is 2.95. The van der Waals surface area contributed by atoms with Gasteiger partial charge in [-0.2, -0.15) is 0 Å². The molecule has 0 fully saturated rings. The molecule has 0 spiro atoms. The van der Waals surface area contributed by atoms with E-state index in [1.807, 2.05) is 36.2 Å². The molecule has 0 atom stereocenters. The number of hydrogen-bond donors (Lipinski definition) is 1. The van der Waals surface area contributed by atoms with Gasteiger partial charge in [-0.15, -0.1) is 0 Å². The summed E-state index contributed by atoms with van der Waals surface area (Å²) in [6.45, 7) is 0. The van der Waals surface area contributed by atoms with Gasteiger partial charge in [0, 0.05) is 12.7 Å². The van der Waals surface area contributed by atoms with E-state index in [2.05, 4.69) is 0 Å². The molecule has 2 aromatic rings. The smallest absolute Gasteiger partial charge is 0.335 e. The van der Waals surface area contributed by atoms with E-state index in [1.54, 1.807) is 31.4 Å². The van der Waals surface area contributed by atoms with Crippen molar-refractivity contribution < 1.29 is 14.6 Å². The van der Waals surface area contributed by atoms with Gasteiger partial charge in [0.15, 0.2) is 0 Å². The summed E-state index contributed by atoms with van der Waals surface area (Å²) < 4.78 is 5.31. The monoisotopic (exact) mass is 257 g/mol. The molecule has 0 aliphatic carbocycles. The normalized spacial score (nSPS) is 10.0. The minimum Gasteiger partial charge on any atom is -0.495 e. The number of aromatic carboxylic acids is 1. The van der Waals surface area contributed by atoms with Crippen LogP contribution in [0.3, 0.4) is 0 Å². The first kappa shape index (κ1) is 13.0. The van der Waals surface area contributed by atoms with Crippen molar-refractivity contribution in [1.29, 1.82) is 0 Å². The molecule has 4 nitrogen and oxygen atoms in total. The molecule has 0 aromatic heterocycles. The van der Waals surface area contributed by atoms with Crippen molar-refractivity contribution in [1.82, 2.24) is 0 Å². The maximum Gasteiger partial charge on any atom is 0.335 e. The Kier molecular flexibility index (Phi) is 3.71. The summed E-state index contributed by atoms with van der Waals surface area (Å²) in [5, 5.41) is 8.88. The average molecular weight is 257 g/mol. The first-order valence-electron chi connectivity index (χ1n) is 5.83. The number of para-hydroxylation sites is 2. The Balaban J connectivity index is 2.33. The lowest BCUT2D eigenvalue weighted by atomic mass is 10.2. The number of benzene rings is 2. The minimum atomic E-state index is -0.925. The largest absolute Gasteiger partial charge is 0.495 e. The second-order valence-electron chi connectivity index (χ2n) is 4.08. The number of hydrogen-bond acceptors (Lipinski definition) is 3. The van der Waals surface area contributed by atoms with Gasteiger partial charge in [-0.3, -0.25) is 0 Å². The molecule has 98 valence electrons. The van der Waals surface area contributed by atoms with Gasteiger partial charge in [0.25, 0.3) is 0 Å². The molecule has 0 saturated carbocycles. The molecule has 2 rings (SSSR count). The van der Waals surface area contributed by atoms with Crippen molar-refractivity contribution in [2.75, 3.05) is 19.1 Å². The van der Waals surface area contributed by atoms with Crippen molar-refractivity contribution in [2.45, 2.75) is 0 Å². The second kappa shape index (κ2) is 5.44. The molecule has 1 N–H and O–H groups in total. The van der Waals surface area contributed by atoms with Crippen molar-refractivity contribution >= 4 is 17.3 Å². The first-order valence-corrected chi connectivity index (χ1v) is 5.83. The number of nitrogens with zero attached hydrogens (tertiary/aromatic N) is 1. The molecule has 0 amide bonds. The molecule has 0 radical (unpaired) electrons. The average Bonchev–Trinajstić information content (AvgIpc) is 2.46. The number of carbonyl (C=O) groups is 1. The van der Waals surface area contributed by atoms with Gasteiger partial charge < -0.3 is 14.7 Å². The Hall–Kier alpha value is -2.49. The maximum absolute atomic E-state index is 10.8. The molecular weight excluding hydrogens is 242 g/mol. The Morgan fingerprint density at radius 1 is 1.11 bits per heavy atom. The van der Waals surface area contributed by atoms with Crippen LogP contribution in [0.25, 0.3) is 0 Å². The van der Waals surface area contributed by atoms with E-state index < -0.39 is 5.97 Å². The molecule has 0 aliphatic heterocycles. The summed E-state index contributed by atoms with van der Waals surface area (Å²) in [6, 6.07) is 14.4. The predicted molar refractivity (Wildman–Crippen MR) is 74.5 cm³/mol. The summed E-state index contributed by atoms with van der Waals surface area (Å²) in [7, 11) is 3.54. The molecule has 4 heteroatoms. The van der Waals surface area contributed by atoms with Crippen LogP contribution >= 0.6 is 0 Å². The van der Waals surface area contributed by atoms with Crippen LogP contribution in [-0.4, -0.2) is 25.2 Å². The molecule has 19 heavy (non-hydrogen) atoms. The van der Waals surface area contributed by atoms with Crippen LogP contribution in [0.2, 0.25) is 0 Å². The number of anilines is 2. The fourth-order valence-corrected chi connectivity index (χ4v) is 1.87. The van der Waals surface area contributed by atoms with Gasteiger partial charge in [0.2, 0.25) is 0 Å². The van der Waals surface area contributed by atoms with E-state index >= 15 is 0 Å². The SMILES string of the molecule is COc1ccccc1N(C)c1ccc(C(=O)O)cc1. The van der Waals surface area contributed by atoms with Crippen LogP contribution in [0, 0.1) is 0 Å². The van der Waals surface area contributed by atoms with Gasteiger partial charge in [0.05, 0.1) is 18.4 Å². The second-order valence-corrected chi connectivity index (χ2v) is 4.08. The number of ether oxygens (including phenoxy) is 1. The molecule has 2 aromatic carbocycles. The lowest BCUT2D eigenvalue weighted by Gasteiger charge is -2.21. The van der Waals surface area contributed by atoms with Crippen LogP contribution in [-0.2, 0) is 0 Å². The zero-order valence-electron chi connectivity index (χ0n) is 10.8. The fraction of sp³-hybridized carbons (Fsp3) is 0.133. The van der Waals surface area contributed by atoms with E-state index in [-0.39, 0.29) is 5.56 Å². The Morgan fingerprint density at radius 3 is 2.32 bits per heavy atom. The van der Waals surface area contributed by atoms with Crippen molar-refractivity contribution in [3.8, 4) is 5.75 Å². The topological polar surface area (TPSA) is 49.8 Å². The quantitative estimate of drug-likeness (QED) is 0.914. The highest BCUT2D eigenvalue weighted by Gasteiger charge is 2.10. The Labute approximate surface area is 111 Å². The summed E-state index contributed by atoms with van der Waals surface area (Å²) >= 11 is 0. The van der Waals surface area contributed by atoms with Crippen LogP contribution in [0.5, 0.6) is 5.75 Å². The molecule has 0 saturated heterocycles. The molecular formula is C15H15NO3. The lowest BCUT2D eigenvalue weighted by molar-refractivity contribution is 0.0697. The third-order valence-corrected chi connectivity index (χ3v) is 2.95. The molecule has 0 unspecified atom stereocenters. The number of methoxy groups -OCH3 is 1. The van der Waals surface area contributed by atoms with Crippen LogP contribution in [0.15, 0.2) is 48.5 Å². The van der Waals surface area contributed by atoms with Gasteiger partial charge >= 0.3 is 5.97 Å².